The number of sulfonamides is 1. The molecular formula is C22H22F2N2O3S. The van der Waals surface area contributed by atoms with E-state index < -0.39 is 21.7 Å². The van der Waals surface area contributed by atoms with Gasteiger partial charge in [0.2, 0.25) is 0 Å². The van der Waals surface area contributed by atoms with Gasteiger partial charge in [0, 0.05) is 19.8 Å². The lowest BCUT2D eigenvalue weighted by atomic mass is 10.2. The van der Waals surface area contributed by atoms with Gasteiger partial charge in [-0.25, -0.2) is 17.2 Å². The molecule has 0 atom stereocenters. The number of ether oxygens (including phenoxy) is 1. The largest absolute Gasteiger partial charge is 0.497 e. The van der Waals surface area contributed by atoms with Crippen LogP contribution in [0.3, 0.4) is 0 Å². The second kappa shape index (κ2) is 8.71. The number of benzene rings is 3. The third-order valence-corrected chi connectivity index (χ3v) is 6.39. The summed E-state index contributed by atoms with van der Waals surface area (Å²) < 4.78 is 60.0. The number of anilines is 2. The van der Waals surface area contributed by atoms with Crippen LogP contribution in [-0.4, -0.2) is 29.6 Å². The van der Waals surface area contributed by atoms with Gasteiger partial charge in [0.1, 0.15) is 5.75 Å². The molecular weight excluding hydrogens is 410 g/mol. The van der Waals surface area contributed by atoms with E-state index in [4.69, 9.17) is 4.74 Å². The second-order valence-corrected chi connectivity index (χ2v) is 8.71. The molecule has 0 radical (unpaired) electrons. The molecule has 0 heterocycles. The maximum absolute atomic E-state index is 13.7. The Kier molecular flexibility index (Phi) is 6.26. The number of hydrogen-bond acceptors (Lipinski definition) is 4. The first-order valence-electron chi connectivity index (χ1n) is 9.10. The summed E-state index contributed by atoms with van der Waals surface area (Å²) in [6, 6.07) is 16.4. The Balaban J connectivity index is 2.04. The minimum absolute atomic E-state index is 0.0152. The summed E-state index contributed by atoms with van der Waals surface area (Å²) in [6.07, 6.45) is 0. The smallest absolute Gasteiger partial charge is 0.264 e. The molecule has 8 heteroatoms. The highest BCUT2D eigenvalue weighted by molar-refractivity contribution is 7.92. The normalized spacial score (nSPS) is 11.2. The van der Waals surface area contributed by atoms with Gasteiger partial charge in [-0.3, -0.25) is 4.31 Å². The van der Waals surface area contributed by atoms with Gasteiger partial charge in [-0.2, -0.15) is 0 Å². The fraction of sp³-hybridized carbons (Fsp3) is 0.182. The van der Waals surface area contributed by atoms with E-state index in [9.17, 15) is 17.2 Å². The molecule has 3 aromatic rings. The van der Waals surface area contributed by atoms with E-state index in [1.165, 1.54) is 7.11 Å². The quantitative estimate of drug-likeness (QED) is 0.554. The van der Waals surface area contributed by atoms with Gasteiger partial charge >= 0.3 is 0 Å². The van der Waals surface area contributed by atoms with Gasteiger partial charge in [0.15, 0.2) is 11.6 Å². The number of halogens is 2. The molecule has 0 aliphatic rings. The minimum atomic E-state index is -4.16. The minimum Gasteiger partial charge on any atom is -0.497 e. The van der Waals surface area contributed by atoms with Crippen LogP contribution in [0, 0.1) is 11.6 Å². The molecule has 0 saturated heterocycles. The van der Waals surface area contributed by atoms with Crippen molar-refractivity contribution in [1.82, 2.24) is 0 Å². The van der Waals surface area contributed by atoms with Crippen molar-refractivity contribution in [2.75, 3.05) is 30.4 Å². The lowest BCUT2D eigenvalue weighted by molar-refractivity contribution is 0.415. The summed E-state index contributed by atoms with van der Waals surface area (Å²) in [7, 11) is 1.17. The van der Waals surface area contributed by atoms with E-state index >= 15 is 0 Å². The zero-order valence-electron chi connectivity index (χ0n) is 16.8. The molecule has 0 amide bonds. The third kappa shape index (κ3) is 4.54. The predicted molar refractivity (Wildman–Crippen MR) is 113 cm³/mol. The van der Waals surface area contributed by atoms with Crippen LogP contribution in [0.4, 0.5) is 20.2 Å². The Morgan fingerprint density at radius 2 is 1.43 bits per heavy atom. The summed E-state index contributed by atoms with van der Waals surface area (Å²) in [5, 5.41) is 0. The first kappa shape index (κ1) is 21.6. The Morgan fingerprint density at radius 3 is 1.97 bits per heavy atom. The molecule has 0 N–H and O–H groups in total. The topological polar surface area (TPSA) is 49.9 Å². The maximum Gasteiger partial charge on any atom is 0.264 e. The number of methoxy groups -OCH3 is 1. The van der Waals surface area contributed by atoms with Crippen LogP contribution in [0.2, 0.25) is 0 Å². The van der Waals surface area contributed by atoms with Crippen LogP contribution < -0.4 is 13.9 Å². The standard InChI is InChI=1S/C22H22F2N2O3S/c1-25(2)17-6-4-16(5-7-17)15-26(18-8-10-19(29-3)11-9-18)30(27,28)20-12-13-21(23)22(24)14-20/h4-14H,15H2,1-3H3. The second-order valence-electron chi connectivity index (χ2n) is 6.85. The number of hydrogen-bond donors (Lipinski definition) is 0. The molecule has 0 fully saturated rings. The highest BCUT2D eigenvalue weighted by atomic mass is 32.2. The van der Waals surface area contributed by atoms with Crippen LogP contribution >= 0.6 is 0 Å². The number of rotatable bonds is 7. The molecule has 0 unspecified atom stereocenters. The van der Waals surface area contributed by atoms with Crippen LogP contribution in [0.25, 0.3) is 0 Å². The van der Waals surface area contributed by atoms with Crippen molar-refractivity contribution in [1.29, 1.82) is 0 Å². The van der Waals surface area contributed by atoms with Crippen molar-refractivity contribution in [3.05, 3.63) is 83.9 Å². The molecule has 3 rings (SSSR count). The predicted octanol–water partition coefficient (Wildman–Crippen LogP) is 4.43. The van der Waals surface area contributed by atoms with Gasteiger partial charge in [-0.1, -0.05) is 12.1 Å². The van der Waals surface area contributed by atoms with Gasteiger partial charge in [-0.05, 0) is 60.2 Å². The van der Waals surface area contributed by atoms with Crippen LogP contribution in [0.5, 0.6) is 5.75 Å². The molecule has 3 aromatic carbocycles. The SMILES string of the molecule is COc1ccc(N(Cc2ccc(N(C)C)cc2)S(=O)(=O)c2ccc(F)c(F)c2)cc1. The van der Waals surface area contributed by atoms with E-state index in [1.54, 1.807) is 24.3 Å². The van der Waals surface area contributed by atoms with Gasteiger partial charge < -0.3 is 9.64 Å². The molecule has 30 heavy (non-hydrogen) atoms. The third-order valence-electron chi connectivity index (χ3n) is 4.62. The maximum atomic E-state index is 13.7. The highest BCUT2D eigenvalue weighted by Crippen LogP contribution is 2.29. The zero-order chi connectivity index (χ0) is 21.9. The van der Waals surface area contributed by atoms with E-state index in [-0.39, 0.29) is 11.4 Å². The molecule has 158 valence electrons. The van der Waals surface area contributed by atoms with Crippen LogP contribution in [-0.2, 0) is 16.6 Å². The molecule has 0 aliphatic heterocycles. The molecule has 0 spiro atoms. The summed E-state index contributed by atoms with van der Waals surface area (Å²) >= 11 is 0. The van der Waals surface area contributed by atoms with E-state index in [2.05, 4.69) is 0 Å². The fourth-order valence-corrected chi connectivity index (χ4v) is 4.36. The summed E-state index contributed by atoms with van der Waals surface area (Å²) in [5.74, 6) is -1.76. The lowest BCUT2D eigenvalue weighted by Gasteiger charge is -2.25. The Labute approximate surface area is 175 Å². The van der Waals surface area contributed by atoms with Crippen molar-refractivity contribution in [3.8, 4) is 5.75 Å². The summed E-state index contributed by atoms with van der Waals surface area (Å²) in [5.41, 5.74) is 2.08. The first-order valence-corrected chi connectivity index (χ1v) is 10.5. The van der Waals surface area contributed by atoms with E-state index in [0.29, 0.717) is 17.5 Å². The summed E-state index contributed by atoms with van der Waals surface area (Å²) in [6.45, 7) is 0.0152. The Morgan fingerprint density at radius 1 is 0.833 bits per heavy atom. The lowest BCUT2D eigenvalue weighted by Crippen LogP contribution is -2.30. The van der Waals surface area contributed by atoms with Crippen molar-refractivity contribution in [2.24, 2.45) is 0 Å². The zero-order valence-corrected chi connectivity index (χ0v) is 17.7. The molecule has 0 saturated carbocycles. The van der Waals surface area contributed by atoms with Crippen molar-refractivity contribution >= 4 is 21.4 Å². The average Bonchev–Trinajstić information content (AvgIpc) is 2.74. The summed E-state index contributed by atoms with van der Waals surface area (Å²) in [4.78, 5) is 1.60. The van der Waals surface area contributed by atoms with Gasteiger partial charge in [0.25, 0.3) is 10.0 Å². The number of nitrogens with zero attached hydrogens (tertiary/aromatic N) is 2. The molecule has 0 aromatic heterocycles. The van der Waals surface area contributed by atoms with Crippen molar-refractivity contribution in [3.63, 3.8) is 0 Å². The molecule has 5 nitrogen and oxygen atoms in total. The first-order chi connectivity index (χ1) is 14.2. The van der Waals surface area contributed by atoms with Gasteiger partial charge in [0.05, 0.1) is 24.2 Å². The fourth-order valence-electron chi connectivity index (χ4n) is 2.89. The molecule has 0 bridgehead atoms. The molecule has 0 aliphatic carbocycles. The monoisotopic (exact) mass is 432 g/mol. The van der Waals surface area contributed by atoms with E-state index in [1.807, 2.05) is 43.3 Å². The Bertz CT molecular complexity index is 1120. The highest BCUT2D eigenvalue weighted by Gasteiger charge is 2.26. The van der Waals surface area contributed by atoms with Crippen molar-refractivity contribution < 1.29 is 21.9 Å². The van der Waals surface area contributed by atoms with E-state index in [0.717, 1.165) is 27.7 Å². The van der Waals surface area contributed by atoms with Gasteiger partial charge in [-0.15, -0.1) is 0 Å². The Hall–Kier alpha value is -3.13. The van der Waals surface area contributed by atoms with Crippen LogP contribution in [0.15, 0.2) is 71.6 Å². The van der Waals surface area contributed by atoms with Crippen LogP contribution in [0.1, 0.15) is 5.56 Å². The van der Waals surface area contributed by atoms with Crippen molar-refractivity contribution in [2.45, 2.75) is 11.4 Å². The average molecular weight is 432 g/mol.